The van der Waals surface area contributed by atoms with Crippen molar-refractivity contribution in [2.45, 2.75) is 32.9 Å². The van der Waals surface area contributed by atoms with E-state index in [9.17, 15) is 4.79 Å². The SMILES string of the molecule is CC(=O)N1[C@H](C)COC[C@H]1C. The molecule has 1 aliphatic heterocycles. The van der Waals surface area contributed by atoms with E-state index in [0.717, 1.165) is 0 Å². The van der Waals surface area contributed by atoms with Gasteiger partial charge in [-0.2, -0.15) is 0 Å². The van der Waals surface area contributed by atoms with Gasteiger partial charge in [0.1, 0.15) is 0 Å². The lowest BCUT2D eigenvalue weighted by molar-refractivity contribution is -0.141. The van der Waals surface area contributed by atoms with Crippen LogP contribution in [0.15, 0.2) is 0 Å². The van der Waals surface area contributed by atoms with Crippen molar-refractivity contribution in [3.05, 3.63) is 0 Å². The Balaban J connectivity index is 2.62. The highest BCUT2D eigenvalue weighted by Crippen LogP contribution is 2.12. The van der Waals surface area contributed by atoms with E-state index in [4.69, 9.17) is 4.74 Å². The van der Waals surface area contributed by atoms with Gasteiger partial charge < -0.3 is 9.64 Å². The van der Waals surface area contributed by atoms with E-state index in [1.54, 1.807) is 6.92 Å². The molecule has 1 saturated heterocycles. The number of nitrogens with zero attached hydrogens (tertiary/aromatic N) is 1. The molecular weight excluding hydrogens is 142 g/mol. The van der Waals surface area contributed by atoms with Gasteiger partial charge in [0.2, 0.25) is 5.91 Å². The normalized spacial score (nSPS) is 32.1. The first-order valence-electron chi connectivity index (χ1n) is 3.99. The summed E-state index contributed by atoms with van der Waals surface area (Å²) >= 11 is 0. The molecule has 3 nitrogen and oxygen atoms in total. The standard InChI is InChI=1S/C8H15NO2/c1-6-4-11-5-7(2)9(6)8(3)10/h6-7H,4-5H2,1-3H3/t6-,7-/m1/s1. The first-order chi connectivity index (χ1) is 5.13. The Kier molecular flexibility index (Phi) is 2.49. The minimum absolute atomic E-state index is 0.147. The van der Waals surface area contributed by atoms with Crippen LogP contribution in [0.2, 0.25) is 0 Å². The molecule has 3 heteroatoms. The molecule has 11 heavy (non-hydrogen) atoms. The van der Waals surface area contributed by atoms with Crippen molar-refractivity contribution in [1.29, 1.82) is 0 Å². The minimum atomic E-state index is 0.147. The maximum absolute atomic E-state index is 11.1. The molecule has 0 aromatic rings. The highest BCUT2D eigenvalue weighted by Gasteiger charge is 2.26. The highest BCUT2D eigenvalue weighted by atomic mass is 16.5. The number of amides is 1. The molecule has 0 bridgehead atoms. The van der Waals surface area contributed by atoms with Crippen molar-refractivity contribution in [3.63, 3.8) is 0 Å². The van der Waals surface area contributed by atoms with E-state index in [2.05, 4.69) is 0 Å². The number of rotatable bonds is 0. The fourth-order valence-corrected chi connectivity index (χ4v) is 1.62. The van der Waals surface area contributed by atoms with Crippen molar-refractivity contribution in [2.24, 2.45) is 0 Å². The second-order valence-corrected chi connectivity index (χ2v) is 3.16. The van der Waals surface area contributed by atoms with Crippen molar-refractivity contribution >= 4 is 5.91 Å². The summed E-state index contributed by atoms with van der Waals surface area (Å²) in [6.07, 6.45) is 0. The molecule has 64 valence electrons. The summed E-state index contributed by atoms with van der Waals surface area (Å²) < 4.78 is 5.28. The maximum Gasteiger partial charge on any atom is 0.220 e. The van der Waals surface area contributed by atoms with Gasteiger partial charge in [-0.05, 0) is 13.8 Å². The van der Waals surface area contributed by atoms with Crippen LogP contribution in [0, 0.1) is 0 Å². The number of hydrogen-bond donors (Lipinski definition) is 0. The number of carbonyl (C=O) groups excluding carboxylic acids is 1. The number of hydrogen-bond acceptors (Lipinski definition) is 2. The number of morpholine rings is 1. The fraction of sp³-hybridized carbons (Fsp3) is 0.875. The molecule has 0 spiro atoms. The molecule has 0 radical (unpaired) electrons. The Morgan fingerprint density at radius 1 is 1.36 bits per heavy atom. The van der Waals surface area contributed by atoms with Crippen LogP contribution in [0.5, 0.6) is 0 Å². The van der Waals surface area contributed by atoms with Gasteiger partial charge in [0, 0.05) is 6.92 Å². The predicted molar refractivity (Wildman–Crippen MR) is 42.3 cm³/mol. The Morgan fingerprint density at radius 3 is 2.09 bits per heavy atom. The number of carbonyl (C=O) groups is 1. The van der Waals surface area contributed by atoms with Crippen LogP contribution in [0.1, 0.15) is 20.8 Å². The third-order valence-corrected chi connectivity index (χ3v) is 2.03. The van der Waals surface area contributed by atoms with Gasteiger partial charge in [-0.25, -0.2) is 0 Å². The molecule has 1 aliphatic rings. The van der Waals surface area contributed by atoms with Gasteiger partial charge in [0.05, 0.1) is 25.3 Å². The summed E-state index contributed by atoms with van der Waals surface area (Å²) in [7, 11) is 0. The Labute approximate surface area is 67.3 Å². The van der Waals surface area contributed by atoms with Crippen molar-refractivity contribution < 1.29 is 9.53 Å². The van der Waals surface area contributed by atoms with Crippen molar-refractivity contribution in [1.82, 2.24) is 4.90 Å². The van der Waals surface area contributed by atoms with Gasteiger partial charge in [0.15, 0.2) is 0 Å². The molecular formula is C8H15NO2. The largest absolute Gasteiger partial charge is 0.377 e. The highest BCUT2D eigenvalue weighted by molar-refractivity contribution is 5.74. The molecule has 0 N–H and O–H groups in total. The second-order valence-electron chi connectivity index (χ2n) is 3.16. The van der Waals surface area contributed by atoms with E-state index in [-0.39, 0.29) is 18.0 Å². The summed E-state index contributed by atoms with van der Waals surface area (Å²) in [4.78, 5) is 13.0. The lowest BCUT2D eigenvalue weighted by Gasteiger charge is -2.38. The summed E-state index contributed by atoms with van der Waals surface area (Å²) in [5.41, 5.74) is 0. The zero-order valence-electron chi connectivity index (χ0n) is 7.33. The van der Waals surface area contributed by atoms with E-state index in [1.165, 1.54) is 0 Å². The van der Waals surface area contributed by atoms with Crippen LogP contribution in [-0.4, -0.2) is 36.1 Å². The van der Waals surface area contributed by atoms with Gasteiger partial charge in [-0.3, -0.25) is 4.79 Å². The third kappa shape index (κ3) is 1.71. The molecule has 1 rings (SSSR count). The van der Waals surface area contributed by atoms with E-state index >= 15 is 0 Å². The lowest BCUT2D eigenvalue weighted by atomic mass is 10.2. The average Bonchev–Trinajstić information content (AvgIpc) is 1.85. The molecule has 0 unspecified atom stereocenters. The van der Waals surface area contributed by atoms with Crippen LogP contribution in [0.4, 0.5) is 0 Å². The third-order valence-electron chi connectivity index (χ3n) is 2.03. The average molecular weight is 157 g/mol. The first kappa shape index (κ1) is 8.53. The summed E-state index contributed by atoms with van der Waals surface area (Å²) in [5.74, 6) is 0.147. The molecule has 1 fully saturated rings. The van der Waals surface area contributed by atoms with Crippen molar-refractivity contribution in [3.8, 4) is 0 Å². The minimum Gasteiger partial charge on any atom is -0.377 e. The van der Waals surface area contributed by atoms with Gasteiger partial charge in [-0.1, -0.05) is 0 Å². The fourth-order valence-electron chi connectivity index (χ4n) is 1.62. The van der Waals surface area contributed by atoms with E-state index in [0.29, 0.717) is 13.2 Å². The van der Waals surface area contributed by atoms with Gasteiger partial charge in [0.25, 0.3) is 0 Å². The number of ether oxygens (including phenoxy) is 1. The van der Waals surface area contributed by atoms with Crippen LogP contribution >= 0.6 is 0 Å². The lowest BCUT2D eigenvalue weighted by Crippen LogP contribution is -2.51. The second kappa shape index (κ2) is 3.22. The van der Waals surface area contributed by atoms with Crippen LogP contribution in [0.3, 0.4) is 0 Å². The van der Waals surface area contributed by atoms with Gasteiger partial charge in [-0.15, -0.1) is 0 Å². The summed E-state index contributed by atoms with van der Waals surface area (Å²) in [5, 5.41) is 0. The quantitative estimate of drug-likeness (QED) is 0.516. The molecule has 1 amide bonds. The van der Waals surface area contributed by atoms with Crippen LogP contribution < -0.4 is 0 Å². The van der Waals surface area contributed by atoms with E-state index < -0.39 is 0 Å². The maximum atomic E-state index is 11.1. The monoisotopic (exact) mass is 157 g/mol. The molecule has 1 heterocycles. The Hall–Kier alpha value is -0.570. The predicted octanol–water partition coefficient (Wildman–Crippen LogP) is 0.642. The summed E-state index contributed by atoms with van der Waals surface area (Å²) in [6.45, 7) is 6.97. The molecule has 0 aromatic heterocycles. The molecule has 2 atom stereocenters. The first-order valence-corrected chi connectivity index (χ1v) is 3.99. The van der Waals surface area contributed by atoms with Crippen LogP contribution in [0.25, 0.3) is 0 Å². The smallest absolute Gasteiger partial charge is 0.220 e. The zero-order valence-corrected chi connectivity index (χ0v) is 7.33. The van der Waals surface area contributed by atoms with Gasteiger partial charge >= 0.3 is 0 Å². The topological polar surface area (TPSA) is 29.5 Å². The molecule has 0 aliphatic carbocycles. The summed E-state index contributed by atoms with van der Waals surface area (Å²) in [6, 6.07) is 0.465. The molecule has 0 aromatic carbocycles. The van der Waals surface area contributed by atoms with E-state index in [1.807, 2.05) is 18.7 Å². The Morgan fingerprint density at radius 2 is 1.82 bits per heavy atom. The van der Waals surface area contributed by atoms with Crippen LogP contribution in [-0.2, 0) is 9.53 Å². The zero-order chi connectivity index (χ0) is 8.43. The molecule has 0 saturated carbocycles. The van der Waals surface area contributed by atoms with Crippen molar-refractivity contribution in [2.75, 3.05) is 13.2 Å². The Bertz CT molecular complexity index is 148.